The van der Waals surface area contributed by atoms with Gasteiger partial charge in [-0.1, -0.05) is 0 Å². The highest BCUT2D eigenvalue weighted by Crippen LogP contribution is 2.09. The van der Waals surface area contributed by atoms with Crippen LogP contribution in [0.5, 0.6) is 0 Å². The SMILES string of the molecule is CC(NCC(=O)O)C(=O)N1CCCCC1. The molecule has 1 aliphatic rings. The normalized spacial score (nSPS) is 18.6. The molecule has 0 aromatic heterocycles. The van der Waals surface area contributed by atoms with E-state index in [1.54, 1.807) is 6.92 Å². The first-order valence-electron chi connectivity index (χ1n) is 5.35. The first-order valence-corrected chi connectivity index (χ1v) is 5.35. The molecule has 0 saturated carbocycles. The lowest BCUT2D eigenvalue weighted by atomic mass is 10.1. The van der Waals surface area contributed by atoms with Gasteiger partial charge in [0.05, 0.1) is 12.6 Å². The number of nitrogens with one attached hydrogen (secondary N) is 1. The van der Waals surface area contributed by atoms with Crippen molar-refractivity contribution in [1.29, 1.82) is 0 Å². The highest BCUT2D eigenvalue weighted by molar-refractivity contribution is 5.82. The molecule has 1 heterocycles. The molecule has 1 aliphatic heterocycles. The van der Waals surface area contributed by atoms with E-state index in [1.165, 1.54) is 6.42 Å². The van der Waals surface area contributed by atoms with Gasteiger partial charge in [-0.15, -0.1) is 0 Å². The van der Waals surface area contributed by atoms with Crippen LogP contribution in [0.4, 0.5) is 0 Å². The summed E-state index contributed by atoms with van der Waals surface area (Å²) in [4.78, 5) is 23.9. The second kappa shape index (κ2) is 5.70. The van der Waals surface area contributed by atoms with Gasteiger partial charge >= 0.3 is 5.97 Å². The van der Waals surface area contributed by atoms with E-state index in [2.05, 4.69) is 5.32 Å². The topological polar surface area (TPSA) is 69.6 Å². The van der Waals surface area contributed by atoms with Gasteiger partial charge in [-0.25, -0.2) is 0 Å². The first kappa shape index (κ1) is 12.0. The van der Waals surface area contributed by atoms with Gasteiger partial charge in [-0.2, -0.15) is 0 Å². The van der Waals surface area contributed by atoms with Crippen LogP contribution in [-0.2, 0) is 9.59 Å². The molecule has 0 aromatic rings. The number of likely N-dealkylation sites (tertiary alicyclic amines) is 1. The Morgan fingerprint density at radius 2 is 1.93 bits per heavy atom. The molecule has 0 bridgehead atoms. The minimum Gasteiger partial charge on any atom is -0.480 e. The van der Waals surface area contributed by atoms with Crippen molar-refractivity contribution in [2.45, 2.75) is 32.2 Å². The summed E-state index contributed by atoms with van der Waals surface area (Å²) in [5.41, 5.74) is 0. The van der Waals surface area contributed by atoms with E-state index in [-0.39, 0.29) is 12.5 Å². The molecular weight excluding hydrogens is 196 g/mol. The fourth-order valence-electron chi connectivity index (χ4n) is 1.72. The predicted molar refractivity (Wildman–Crippen MR) is 55.5 cm³/mol. The second-order valence-corrected chi connectivity index (χ2v) is 3.88. The van der Waals surface area contributed by atoms with Crippen LogP contribution in [0, 0.1) is 0 Å². The zero-order valence-corrected chi connectivity index (χ0v) is 9.03. The molecule has 5 nitrogen and oxygen atoms in total. The van der Waals surface area contributed by atoms with Crippen LogP contribution >= 0.6 is 0 Å². The molecule has 0 aromatic carbocycles. The Morgan fingerprint density at radius 3 is 2.47 bits per heavy atom. The van der Waals surface area contributed by atoms with E-state index in [4.69, 9.17) is 5.11 Å². The summed E-state index contributed by atoms with van der Waals surface area (Å²) >= 11 is 0. The fourth-order valence-corrected chi connectivity index (χ4v) is 1.72. The lowest BCUT2D eigenvalue weighted by Crippen LogP contribution is -2.47. The average molecular weight is 214 g/mol. The lowest BCUT2D eigenvalue weighted by Gasteiger charge is -2.29. The monoisotopic (exact) mass is 214 g/mol. The van der Waals surface area contributed by atoms with Crippen molar-refractivity contribution in [1.82, 2.24) is 10.2 Å². The van der Waals surface area contributed by atoms with Crippen molar-refractivity contribution in [2.75, 3.05) is 19.6 Å². The Balaban J connectivity index is 2.33. The third-order valence-electron chi connectivity index (χ3n) is 2.60. The summed E-state index contributed by atoms with van der Waals surface area (Å²) in [5.74, 6) is -0.927. The summed E-state index contributed by atoms with van der Waals surface area (Å²) in [6.45, 7) is 3.15. The summed E-state index contributed by atoms with van der Waals surface area (Å²) in [6.07, 6.45) is 3.29. The van der Waals surface area contributed by atoms with Crippen LogP contribution in [0.25, 0.3) is 0 Å². The second-order valence-electron chi connectivity index (χ2n) is 3.88. The predicted octanol–water partition coefficient (Wildman–Crippen LogP) is 0.0616. The molecule has 1 unspecified atom stereocenters. The Morgan fingerprint density at radius 1 is 1.33 bits per heavy atom. The third-order valence-corrected chi connectivity index (χ3v) is 2.60. The van der Waals surface area contributed by atoms with E-state index in [0.29, 0.717) is 0 Å². The molecule has 1 fully saturated rings. The highest BCUT2D eigenvalue weighted by Gasteiger charge is 2.21. The number of carbonyl (C=O) groups excluding carboxylic acids is 1. The van der Waals surface area contributed by atoms with Gasteiger partial charge in [0.1, 0.15) is 0 Å². The molecule has 5 heteroatoms. The number of aliphatic carboxylic acids is 1. The Hall–Kier alpha value is -1.10. The van der Waals surface area contributed by atoms with Crippen molar-refractivity contribution >= 4 is 11.9 Å². The van der Waals surface area contributed by atoms with Crippen LogP contribution in [0.3, 0.4) is 0 Å². The van der Waals surface area contributed by atoms with Crippen LogP contribution in [0.1, 0.15) is 26.2 Å². The quantitative estimate of drug-likeness (QED) is 0.694. The number of hydrogen-bond donors (Lipinski definition) is 2. The molecule has 86 valence electrons. The van der Waals surface area contributed by atoms with E-state index in [0.717, 1.165) is 25.9 Å². The zero-order valence-electron chi connectivity index (χ0n) is 9.03. The van der Waals surface area contributed by atoms with Crippen molar-refractivity contribution in [3.63, 3.8) is 0 Å². The third kappa shape index (κ3) is 3.87. The van der Waals surface area contributed by atoms with Gasteiger partial charge in [-0.05, 0) is 26.2 Å². The largest absolute Gasteiger partial charge is 0.480 e. The van der Waals surface area contributed by atoms with Crippen LogP contribution in [-0.4, -0.2) is 47.6 Å². The van der Waals surface area contributed by atoms with Gasteiger partial charge in [0.25, 0.3) is 0 Å². The minimum atomic E-state index is -0.937. The molecule has 15 heavy (non-hydrogen) atoms. The number of carbonyl (C=O) groups is 2. The fraction of sp³-hybridized carbons (Fsp3) is 0.800. The van der Waals surface area contributed by atoms with Crippen LogP contribution < -0.4 is 5.32 Å². The molecule has 2 N–H and O–H groups in total. The van der Waals surface area contributed by atoms with Gasteiger partial charge in [-0.3, -0.25) is 14.9 Å². The first-order chi connectivity index (χ1) is 7.11. The molecular formula is C10H18N2O3. The summed E-state index contributed by atoms with van der Waals surface area (Å²) in [7, 11) is 0. The van der Waals surface area contributed by atoms with E-state index in [1.807, 2.05) is 4.90 Å². The Kier molecular flexibility index (Phi) is 4.55. The summed E-state index contributed by atoms with van der Waals surface area (Å²) in [6, 6.07) is -0.404. The van der Waals surface area contributed by atoms with Crippen LogP contribution in [0.2, 0.25) is 0 Å². The Bertz CT molecular complexity index is 237. The van der Waals surface area contributed by atoms with Gasteiger partial charge in [0.15, 0.2) is 0 Å². The number of nitrogens with zero attached hydrogens (tertiary/aromatic N) is 1. The molecule has 1 amide bonds. The van der Waals surface area contributed by atoms with E-state index >= 15 is 0 Å². The Labute approximate surface area is 89.4 Å². The number of carboxylic acid groups (broad SMARTS) is 1. The molecule has 0 spiro atoms. The maximum absolute atomic E-state index is 11.8. The van der Waals surface area contributed by atoms with E-state index in [9.17, 15) is 9.59 Å². The molecule has 1 rings (SSSR count). The number of rotatable bonds is 4. The zero-order chi connectivity index (χ0) is 11.3. The standard InChI is InChI=1S/C10H18N2O3/c1-8(11-7-9(13)14)10(15)12-5-3-2-4-6-12/h8,11H,2-7H2,1H3,(H,13,14). The number of piperidine rings is 1. The molecule has 1 atom stereocenters. The molecule has 0 radical (unpaired) electrons. The van der Waals surface area contributed by atoms with Crippen molar-refractivity contribution in [2.24, 2.45) is 0 Å². The number of amides is 1. The number of carboxylic acids is 1. The van der Waals surface area contributed by atoms with Crippen LogP contribution in [0.15, 0.2) is 0 Å². The average Bonchev–Trinajstić information content (AvgIpc) is 2.26. The van der Waals surface area contributed by atoms with Gasteiger partial charge in [0, 0.05) is 13.1 Å². The maximum atomic E-state index is 11.8. The molecule has 0 aliphatic carbocycles. The maximum Gasteiger partial charge on any atom is 0.317 e. The van der Waals surface area contributed by atoms with E-state index < -0.39 is 12.0 Å². The van der Waals surface area contributed by atoms with Gasteiger partial charge < -0.3 is 10.0 Å². The minimum absolute atomic E-state index is 0.0101. The van der Waals surface area contributed by atoms with Crippen molar-refractivity contribution in [3.8, 4) is 0 Å². The van der Waals surface area contributed by atoms with Crippen molar-refractivity contribution in [3.05, 3.63) is 0 Å². The van der Waals surface area contributed by atoms with Gasteiger partial charge in [0.2, 0.25) is 5.91 Å². The lowest BCUT2D eigenvalue weighted by molar-refractivity contribution is -0.137. The summed E-state index contributed by atoms with van der Waals surface area (Å²) in [5, 5.41) is 11.2. The summed E-state index contributed by atoms with van der Waals surface area (Å²) < 4.78 is 0. The number of hydrogen-bond acceptors (Lipinski definition) is 3. The van der Waals surface area contributed by atoms with Crippen molar-refractivity contribution < 1.29 is 14.7 Å². The molecule has 1 saturated heterocycles. The highest BCUT2D eigenvalue weighted by atomic mass is 16.4. The smallest absolute Gasteiger partial charge is 0.317 e.